The van der Waals surface area contributed by atoms with Crippen molar-refractivity contribution in [3.05, 3.63) is 40.8 Å². The molecule has 6 rings (SSSR count). The largest absolute Gasteiger partial charge is 0.379 e. The molecule has 0 spiro atoms. The number of nitrogens with zero attached hydrogens (tertiary/aromatic N) is 5. The van der Waals surface area contributed by atoms with Gasteiger partial charge in [-0.3, -0.25) is 4.90 Å². The summed E-state index contributed by atoms with van der Waals surface area (Å²) in [6, 6.07) is 3.20. The summed E-state index contributed by atoms with van der Waals surface area (Å²) < 4.78 is 49.1. The fourth-order valence-corrected chi connectivity index (χ4v) is 5.85. The Bertz CT molecular complexity index is 1300. The van der Waals surface area contributed by atoms with Crippen molar-refractivity contribution >= 4 is 34.1 Å². The van der Waals surface area contributed by atoms with Crippen LogP contribution in [0.3, 0.4) is 0 Å². The third-order valence-electron chi connectivity index (χ3n) is 7.80. The number of ether oxygens (including phenoxy) is 1. The van der Waals surface area contributed by atoms with Gasteiger partial charge < -0.3 is 10.1 Å². The lowest BCUT2D eigenvalue weighted by atomic mass is 9.84. The smallest absolute Gasteiger partial charge is 0.272 e. The average Bonchev–Trinajstić information content (AvgIpc) is 3.12. The predicted octanol–water partition coefficient (Wildman–Crippen LogP) is 5.27. The number of hydrogen-bond acceptors (Lipinski definition) is 6. The van der Waals surface area contributed by atoms with Crippen LogP contribution in [0.5, 0.6) is 0 Å². The van der Waals surface area contributed by atoms with Crippen molar-refractivity contribution in [2.24, 2.45) is 5.92 Å². The molecule has 3 aliphatic rings. The third-order valence-corrected chi connectivity index (χ3v) is 8.18. The Balaban J connectivity index is 1.22. The van der Waals surface area contributed by atoms with Crippen molar-refractivity contribution in [2.45, 2.75) is 56.8 Å². The van der Waals surface area contributed by atoms with Crippen molar-refractivity contribution in [3.63, 3.8) is 0 Å². The van der Waals surface area contributed by atoms with E-state index >= 15 is 4.39 Å². The Morgan fingerprint density at radius 1 is 1.22 bits per heavy atom. The number of benzene rings is 1. The van der Waals surface area contributed by atoms with Crippen molar-refractivity contribution in [2.75, 3.05) is 31.6 Å². The van der Waals surface area contributed by atoms with Crippen LogP contribution in [0.1, 0.15) is 42.9 Å². The number of nitrogens with one attached hydrogen (secondary N) is 1. The van der Waals surface area contributed by atoms with Gasteiger partial charge >= 0.3 is 0 Å². The van der Waals surface area contributed by atoms with Gasteiger partial charge in [0.15, 0.2) is 5.15 Å². The van der Waals surface area contributed by atoms with Gasteiger partial charge in [0, 0.05) is 36.5 Å². The molecule has 7 nitrogen and oxygen atoms in total. The molecule has 1 aromatic carbocycles. The molecule has 3 aromatic rings. The minimum absolute atomic E-state index is 0.0829. The maximum absolute atomic E-state index is 15.5. The molecule has 2 saturated heterocycles. The van der Waals surface area contributed by atoms with Gasteiger partial charge in [0.25, 0.3) is 5.92 Å². The normalized spacial score (nSPS) is 30.1. The Kier molecular flexibility index (Phi) is 5.88. The number of hydrogen-bond donors (Lipinski definition) is 1. The number of rotatable bonds is 5. The first-order chi connectivity index (χ1) is 17.2. The van der Waals surface area contributed by atoms with Crippen molar-refractivity contribution in [1.29, 1.82) is 0 Å². The predicted molar refractivity (Wildman–Crippen MR) is 131 cm³/mol. The molecule has 2 aromatic heterocycles. The molecule has 4 heterocycles. The lowest BCUT2D eigenvalue weighted by Gasteiger charge is -2.39. The zero-order valence-electron chi connectivity index (χ0n) is 20.1. The maximum Gasteiger partial charge on any atom is 0.272 e. The molecule has 1 unspecified atom stereocenters. The van der Waals surface area contributed by atoms with Crippen LogP contribution < -0.4 is 5.32 Å². The molecular formula is C25H28ClF3N6O. The number of aryl methyl sites for hydroxylation is 1. The Labute approximate surface area is 212 Å². The number of likely N-dealkylation sites (tertiary alicyclic amines) is 1. The summed E-state index contributed by atoms with van der Waals surface area (Å²) >= 11 is 6.28. The molecular weight excluding hydrogens is 493 g/mol. The fraction of sp³-hybridized carbons (Fsp3) is 0.560. The highest BCUT2D eigenvalue weighted by molar-refractivity contribution is 6.32. The van der Waals surface area contributed by atoms with Gasteiger partial charge in [0.1, 0.15) is 12.2 Å². The lowest BCUT2D eigenvalue weighted by Crippen LogP contribution is -2.48. The molecule has 1 saturated carbocycles. The number of anilines is 2. The lowest BCUT2D eigenvalue weighted by molar-refractivity contribution is 0.0657. The van der Waals surface area contributed by atoms with Crippen LogP contribution in [0.4, 0.5) is 24.8 Å². The van der Waals surface area contributed by atoms with Crippen LogP contribution in [-0.4, -0.2) is 69.1 Å². The second-order valence-corrected chi connectivity index (χ2v) is 10.7. The van der Waals surface area contributed by atoms with Crippen LogP contribution in [0.2, 0.25) is 5.15 Å². The van der Waals surface area contributed by atoms with Crippen LogP contribution in [0, 0.1) is 12.8 Å². The molecule has 5 atom stereocenters. The zero-order valence-corrected chi connectivity index (χ0v) is 20.9. The van der Waals surface area contributed by atoms with E-state index in [0.29, 0.717) is 30.3 Å². The quantitative estimate of drug-likeness (QED) is 0.494. The summed E-state index contributed by atoms with van der Waals surface area (Å²) in [6.07, 6.45) is 2.55. The molecule has 36 heavy (non-hydrogen) atoms. The average molecular weight is 521 g/mol. The summed E-state index contributed by atoms with van der Waals surface area (Å²) in [6.45, 7) is 6.80. The van der Waals surface area contributed by atoms with Crippen molar-refractivity contribution < 1.29 is 17.9 Å². The van der Waals surface area contributed by atoms with Gasteiger partial charge in [-0.2, -0.15) is 5.10 Å². The Morgan fingerprint density at radius 2 is 2.03 bits per heavy atom. The summed E-state index contributed by atoms with van der Waals surface area (Å²) in [4.78, 5) is 11.2. The van der Waals surface area contributed by atoms with Crippen LogP contribution >= 0.6 is 11.6 Å². The first kappa shape index (κ1) is 23.9. The van der Waals surface area contributed by atoms with E-state index in [9.17, 15) is 8.78 Å². The maximum atomic E-state index is 15.5. The first-order valence-corrected chi connectivity index (χ1v) is 12.7. The van der Waals surface area contributed by atoms with E-state index in [4.69, 9.17) is 16.3 Å². The molecule has 0 amide bonds. The number of halogens is 4. The first-order valence-electron chi connectivity index (χ1n) is 12.3. The molecule has 192 valence electrons. The summed E-state index contributed by atoms with van der Waals surface area (Å²) in [5.74, 6) is -2.31. The number of piperidine rings is 1. The molecule has 0 bridgehead atoms. The highest BCUT2D eigenvalue weighted by Gasteiger charge is 2.59. The molecule has 3 fully saturated rings. The standard InChI is InChI=1S/C25H28ClF3N6O/c1-13-5-15-8-30-24(33-20-9-31-35(23(20)26)22-7-25(22,28)29)32-19(15)6-17(13)16-3-4-34(10-18(16)27)21-12-36-11-14(21)2/h5-6,8-9,14,16,18,21-22H,3-4,7,10-12H2,1-2H3,(H,30,32,33)/t14-,16+,18-,21+,22?/m1/s1. The topological polar surface area (TPSA) is 68.1 Å². The van der Waals surface area contributed by atoms with Gasteiger partial charge in [-0.25, -0.2) is 27.8 Å². The molecule has 2 aliphatic heterocycles. The van der Waals surface area contributed by atoms with Crippen LogP contribution in [-0.2, 0) is 4.74 Å². The minimum Gasteiger partial charge on any atom is -0.379 e. The zero-order chi connectivity index (χ0) is 25.2. The van der Waals surface area contributed by atoms with Gasteiger partial charge in [-0.15, -0.1) is 0 Å². The minimum atomic E-state index is -2.78. The Morgan fingerprint density at radius 3 is 2.72 bits per heavy atom. The Hall–Kier alpha value is -2.43. The second kappa shape index (κ2) is 8.85. The number of aromatic nitrogens is 4. The highest BCUT2D eigenvalue weighted by atomic mass is 35.5. The van der Waals surface area contributed by atoms with E-state index in [1.807, 2.05) is 19.1 Å². The summed E-state index contributed by atoms with van der Waals surface area (Å²) in [7, 11) is 0. The SMILES string of the molecule is Cc1cc2cnc(Nc3cnn(C4CC4(F)F)c3Cl)nc2cc1[C@@H]1CCN([C@H]2COC[C@H]2C)C[C@H]1F. The van der Waals surface area contributed by atoms with Gasteiger partial charge in [0.2, 0.25) is 5.95 Å². The van der Waals surface area contributed by atoms with Gasteiger partial charge in [-0.05, 0) is 49.1 Å². The molecule has 0 radical (unpaired) electrons. The second-order valence-electron chi connectivity index (χ2n) is 10.3. The molecule has 11 heteroatoms. The number of fused-ring (bicyclic) bond motifs is 1. The third kappa shape index (κ3) is 4.22. The van der Waals surface area contributed by atoms with E-state index in [2.05, 4.69) is 32.2 Å². The summed E-state index contributed by atoms with van der Waals surface area (Å²) in [5, 5.41) is 7.90. The summed E-state index contributed by atoms with van der Waals surface area (Å²) in [5.41, 5.74) is 3.00. The van der Waals surface area contributed by atoms with E-state index in [1.54, 1.807) is 6.20 Å². The monoisotopic (exact) mass is 520 g/mol. The highest BCUT2D eigenvalue weighted by Crippen LogP contribution is 2.53. The molecule has 1 aliphatic carbocycles. The molecule has 1 N–H and O–H groups in total. The van der Waals surface area contributed by atoms with Crippen LogP contribution in [0.15, 0.2) is 24.5 Å². The van der Waals surface area contributed by atoms with Crippen LogP contribution in [0.25, 0.3) is 10.9 Å². The van der Waals surface area contributed by atoms with E-state index in [1.165, 1.54) is 6.20 Å². The van der Waals surface area contributed by atoms with E-state index < -0.39 is 18.1 Å². The van der Waals surface area contributed by atoms with Crippen molar-refractivity contribution in [1.82, 2.24) is 24.6 Å². The van der Waals surface area contributed by atoms with Crippen molar-refractivity contribution in [3.8, 4) is 0 Å². The van der Waals surface area contributed by atoms with E-state index in [-0.39, 0.29) is 29.5 Å². The number of alkyl halides is 3. The van der Waals surface area contributed by atoms with Gasteiger partial charge in [0.05, 0.1) is 30.6 Å². The van der Waals surface area contributed by atoms with Gasteiger partial charge in [-0.1, -0.05) is 18.5 Å². The fourth-order valence-electron chi connectivity index (χ4n) is 5.60. The van der Waals surface area contributed by atoms with E-state index in [0.717, 1.165) is 40.8 Å².